The molecular weight excluding hydrogens is 439 g/mol. The molecule has 1 atom stereocenters. The minimum Gasteiger partial charge on any atom is -0.481 e. The smallest absolute Gasteiger partial charge is 0.272 e. The Morgan fingerprint density at radius 3 is 2.68 bits per heavy atom. The number of anilines is 1. The zero-order valence-electron chi connectivity index (χ0n) is 16.8. The number of nitrogens with zero attached hydrogens (tertiary/aromatic N) is 4. The number of aromatic nitrogens is 4. The van der Waals surface area contributed by atoms with Crippen LogP contribution < -0.4 is 18.9 Å². The number of rotatable bonds is 9. The summed E-state index contributed by atoms with van der Waals surface area (Å²) in [5.74, 6) is -1.28. The Kier molecular flexibility index (Phi) is 6.73. The molecule has 0 saturated heterocycles. The third kappa shape index (κ3) is 4.76. The molecular formula is C18H20F3N5O4S. The van der Waals surface area contributed by atoms with Crippen molar-refractivity contribution in [3.63, 3.8) is 0 Å². The molecule has 31 heavy (non-hydrogen) atoms. The summed E-state index contributed by atoms with van der Waals surface area (Å²) in [5, 5.41) is 1.75. The number of fused-ring (bicyclic) bond motifs is 1. The van der Waals surface area contributed by atoms with Gasteiger partial charge in [-0.1, -0.05) is 6.92 Å². The quantitative estimate of drug-likeness (QED) is 0.491. The van der Waals surface area contributed by atoms with Gasteiger partial charge in [-0.2, -0.15) is 9.97 Å². The fraction of sp³-hybridized carbons (Fsp3) is 0.333. The zero-order chi connectivity index (χ0) is 22.6. The van der Waals surface area contributed by atoms with Gasteiger partial charge < -0.3 is 18.9 Å². The maximum atomic E-state index is 14.4. The average Bonchev–Trinajstić information content (AvgIpc) is 3.17. The second kappa shape index (κ2) is 9.29. The highest BCUT2D eigenvalue weighted by Crippen LogP contribution is 2.30. The molecule has 0 aliphatic rings. The average molecular weight is 459 g/mol. The van der Waals surface area contributed by atoms with Gasteiger partial charge in [0.15, 0.2) is 12.4 Å². The molecule has 0 bridgehead atoms. The van der Waals surface area contributed by atoms with E-state index in [2.05, 4.69) is 24.4 Å². The Morgan fingerprint density at radius 2 is 2.03 bits per heavy atom. The molecule has 3 rings (SSSR count). The lowest BCUT2D eigenvalue weighted by Crippen LogP contribution is -2.19. The van der Waals surface area contributed by atoms with Crippen LogP contribution in [0.25, 0.3) is 5.78 Å². The molecule has 0 spiro atoms. The Bertz CT molecular complexity index is 1190. The summed E-state index contributed by atoms with van der Waals surface area (Å²) < 4.78 is 72.1. The molecule has 1 unspecified atom stereocenters. The minimum absolute atomic E-state index is 0.0597. The molecule has 3 aromatic rings. The molecule has 1 N–H and O–H groups in total. The highest BCUT2D eigenvalue weighted by atomic mass is 32.2. The topological polar surface area (TPSA) is 99.9 Å². The fourth-order valence-corrected chi connectivity index (χ4v) is 4.62. The van der Waals surface area contributed by atoms with Crippen molar-refractivity contribution in [2.45, 2.75) is 24.8 Å². The van der Waals surface area contributed by atoms with Crippen LogP contribution in [-0.4, -0.2) is 56.2 Å². The number of ether oxygens (including phenoxy) is 3. The number of hydrogen-bond donors (Lipinski definition) is 1. The van der Waals surface area contributed by atoms with Crippen molar-refractivity contribution in [2.24, 2.45) is 0 Å². The van der Waals surface area contributed by atoms with Gasteiger partial charge in [-0.3, -0.25) is 4.40 Å². The van der Waals surface area contributed by atoms with E-state index in [9.17, 15) is 17.4 Å². The van der Waals surface area contributed by atoms with Gasteiger partial charge in [0.2, 0.25) is 17.5 Å². The third-order valence-electron chi connectivity index (χ3n) is 3.95. The Morgan fingerprint density at radius 1 is 1.26 bits per heavy atom. The lowest BCUT2D eigenvalue weighted by Gasteiger charge is -2.17. The van der Waals surface area contributed by atoms with Gasteiger partial charge >= 0.3 is 0 Å². The summed E-state index contributed by atoms with van der Waals surface area (Å²) in [6, 6.07) is 2.49. The normalized spacial score (nSPS) is 13.1. The highest BCUT2D eigenvalue weighted by molar-refractivity contribution is 8.02. The summed E-state index contributed by atoms with van der Waals surface area (Å²) >= 11 is 0. The summed E-state index contributed by atoms with van der Waals surface area (Å²) in [6.45, 7) is 0.752. The SMILES string of the molecule is CCC=S(=O)(Nc1cc(F)c(OCC(F)F)nc1OC)c1cnc2nc(OC)ccn12. The first kappa shape index (κ1) is 22.5. The van der Waals surface area contributed by atoms with Crippen molar-refractivity contribution >= 4 is 26.5 Å². The Balaban J connectivity index is 2.05. The number of nitrogens with one attached hydrogen (secondary N) is 1. The minimum atomic E-state index is -3.16. The fourth-order valence-electron chi connectivity index (χ4n) is 2.68. The van der Waals surface area contributed by atoms with Gasteiger partial charge in [-0.05, 0) is 11.8 Å². The van der Waals surface area contributed by atoms with Crippen LogP contribution in [0.1, 0.15) is 13.3 Å². The maximum absolute atomic E-state index is 14.4. The van der Waals surface area contributed by atoms with E-state index in [1.807, 2.05) is 0 Å². The van der Waals surface area contributed by atoms with E-state index in [0.29, 0.717) is 12.3 Å². The van der Waals surface area contributed by atoms with Crippen molar-refractivity contribution in [3.05, 3.63) is 30.3 Å². The summed E-state index contributed by atoms with van der Waals surface area (Å²) in [4.78, 5) is 12.1. The van der Waals surface area contributed by atoms with Crippen molar-refractivity contribution in [2.75, 3.05) is 25.5 Å². The van der Waals surface area contributed by atoms with Gasteiger partial charge in [-0.25, -0.2) is 22.4 Å². The summed E-state index contributed by atoms with van der Waals surface area (Å²) in [6.07, 6.45) is 0.562. The second-order valence-electron chi connectivity index (χ2n) is 6.05. The van der Waals surface area contributed by atoms with E-state index in [-0.39, 0.29) is 22.4 Å². The predicted molar refractivity (Wildman–Crippen MR) is 108 cm³/mol. The third-order valence-corrected chi connectivity index (χ3v) is 6.20. The summed E-state index contributed by atoms with van der Waals surface area (Å²) in [7, 11) is -0.457. The number of imidazole rings is 1. The van der Waals surface area contributed by atoms with E-state index in [0.717, 1.165) is 6.07 Å². The van der Waals surface area contributed by atoms with Crippen LogP contribution in [0.4, 0.5) is 18.9 Å². The predicted octanol–water partition coefficient (Wildman–Crippen LogP) is 2.81. The number of hydrogen-bond acceptors (Lipinski definition) is 7. The zero-order valence-corrected chi connectivity index (χ0v) is 17.7. The lowest BCUT2D eigenvalue weighted by molar-refractivity contribution is 0.0770. The van der Waals surface area contributed by atoms with Crippen molar-refractivity contribution in [1.29, 1.82) is 0 Å². The van der Waals surface area contributed by atoms with Crippen LogP contribution in [0.15, 0.2) is 29.6 Å². The highest BCUT2D eigenvalue weighted by Gasteiger charge is 2.22. The molecule has 3 heterocycles. The number of alkyl halides is 2. The van der Waals surface area contributed by atoms with Crippen LogP contribution in [0.5, 0.6) is 17.6 Å². The van der Waals surface area contributed by atoms with Gasteiger partial charge in [0.05, 0.1) is 30.1 Å². The summed E-state index contributed by atoms with van der Waals surface area (Å²) in [5.41, 5.74) is -0.0597. The van der Waals surface area contributed by atoms with Crippen molar-refractivity contribution in [3.8, 4) is 17.6 Å². The lowest BCUT2D eigenvalue weighted by atomic mass is 10.4. The molecule has 0 amide bonds. The largest absolute Gasteiger partial charge is 0.481 e. The Hall–Kier alpha value is -3.22. The van der Waals surface area contributed by atoms with E-state index in [1.165, 1.54) is 30.2 Å². The van der Waals surface area contributed by atoms with Crippen LogP contribution in [-0.2, 0) is 9.71 Å². The molecule has 3 aromatic heterocycles. The number of methoxy groups -OCH3 is 2. The molecule has 0 saturated carbocycles. The Labute approximate surface area is 176 Å². The van der Waals surface area contributed by atoms with Crippen LogP contribution in [0.3, 0.4) is 0 Å². The molecule has 9 nitrogen and oxygen atoms in total. The van der Waals surface area contributed by atoms with Crippen LogP contribution in [0, 0.1) is 5.82 Å². The van der Waals surface area contributed by atoms with E-state index in [4.69, 9.17) is 9.47 Å². The first-order valence-electron chi connectivity index (χ1n) is 9.00. The first-order valence-corrected chi connectivity index (χ1v) is 10.6. The molecule has 0 fully saturated rings. The van der Waals surface area contributed by atoms with Crippen LogP contribution >= 0.6 is 0 Å². The molecule has 0 aromatic carbocycles. The number of pyridine rings is 1. The van der Waals surface area contributed by atoms with Crippen LogP contribution in [0.2, 0.25) is 0 Å². The first-order chi connectivity index (χ1) is 14.8. The van der Waals surface area contributed by atoms with E-state index in [1.54, 1.807) is 19.2 Å². The van der Waals surface area contributed by atoms with Gasteiger partial charge in [-0.15, -0.1) is 0 Å². The number of halogens is 3. The van der Waals surface area contributed by atoms with Gasteiger partial charge in [0.1, 0.15) is 10.7 Å². The van der Waals surface area contributed by atoms with E-state index >= 15 is 0 Å². The van der Waals surface area contributed by atoms with Crippen molar-refractivity contribution < 1.29 is 31.6 Å². The van der Waals surface area contributed by atoms with Gasteiger partial charge in [0.25, 0.3) is 12.3 Å². The molecule has 168 valence electrons. The van der Waals surface area contributed by atoms with E-state index < -0.39 is 34.4 Å². The molecule has 0 aliphatic carbocycles. The second-order valence-corrected chi connectivity index (χ2v) is 8.21. The van der Waals surface area contributed by atoms with Crippen molar-refractivity contribution in [1.82, 2.24) is 19.4 Å². The standard InChI is InChI=1S/C18H20F3N5O4S/c1-4-7-31(27,15-9-22-18-23-14(28-2)5-6-26(15)18)25-12-8-11(19)16(24-17(12)29-3)30-10-13(20)21/h5-9,13H,4,10H2,1-3H3,(H,25,27). The molecule has 0 aliphatic heterocycles. The monoisotopic (exact) mass is 459 g/mol. The maximum Gasteiger partial charge on any atom is 0.272 e. The van der Waals surface area contributed by atoms with Gasteiger partial charge in [0, 0.05) is 18.3 Å². The molecule has 13 heteroatoms. The molecule has 0 radical (unpaired) electrons.